The van der Waals surface area contributed by atoms with Gasteiger partial charge in [0.2, 0.25) is 0 Å². The van der Waals surface area contributed by atoms with E-state index >= 15 is 0 Å². The Kier molecular flexibility index (Phi) is 7.20. The fourth-order valence-corrected chi connectivity index (χ4v) is 3.23. The van der Waals surface area contributed by atoms with Crippen molar-refractivity contribution in [1.82, 2.24) is 25.0 Å². The normalized spacial score (nSPS) is 19.2. The molecule has 0 saturated carbocycles. The molecule has 7 heteroatoms. The van der Waals surface area contributed by atoms with Crippen LogP contribution in [0, 0.1) is 12.8 Å². The summed E-state index contributed by atoms with van der Waals surface area (Å²) < 4.78 is 2.01. The van der Waals surface area contributed by atoms with Gasteiger partial charge in [0.05, 0.1) is 0 Å². The Balaban J connectivity index is 2.01. The summed E-state index contributed by atoms with van der Waals surface area (Å²) in [6.45, 7) is 8.02. The molecule has 0 amide bonds. The van der Waals surface area contributed by atoms with Crippen molar-refractivity contribution in [1.29, 1.82) is 0 Å². The first kappa shape index (κ1) is 18.1. The van der Waals surface area contributed by atoms with Crippen molar-refractivity contribution in [2.24, 2.45) is 18.0 Å². The number of thioether (sulfide) groups is 1. The molecular weight excluding hydrogens is 308 g/mol. The van der Waals surface area contributed by atoms with Crippen molar-refractivity contribution < 1.29 is 0 Å². The van der Waals surface area contributed by atoms with Crippen LogP contribution in [0.4, 0.5) is 0 Å². The molecular formula is C16H30N6S. The molecule has 2 heterocycles. The predicted octanol–water partition coefficient (Wildman–Crippen LogP) is 2.05. The van der Waals surface area contributed by atoms with E-state index in [2.05, 4.69) is 33.6 Å². The maximum absolute atomic E-state index is 4.83. The average molecular weight is 339 g/mol. The average Bonchev–Trinajstić information content (AvgIpc) is 2.86. The van der Waals surface area contributed by atoms with Gasteiger partial charge in [-0.25, -0.2) is 4.99 Å². The van der Waals surface area contributed by atoms with E-state index in [1.807, 2.05) is 30.3 Å². The summed E-state index contributed by atoms with van der Waals surface area (Å²) in [7, 11) is 1.99. The highest BCUT2D eigenvalue weighted by atomic mass is 32.2. The number of hydrogen-bond acceptors (Lipinski definition) is 4. The Morgan fingerprint density at radius 2 is 2.26 bits per heavy atom. The van der Waals surface area contributed by atoms with Gasteiger partial charge in [0, 0.05) is 26.7 Å². The Bertz CT molecular complexity index is 513. The maximum Gasteiger partial charge on any atom is 0.194 e. The number of likely N-dealkylation sites (tertiary alicyclic amines) is 1. The van der Waals surface area contributed by atoms with Gasteiger partial charge in [-0.15, -0.1) is 10.2 Å². The molecule has 1 N–H and O–H groups in total. The standard InChI is InChI=1S/C16H30N6S/c1-13-7-5-9-22(12-13)16(17-8-6-10-23-4)18-11-15-20-19-14(2)21(15)3/h13H,5-12H2,1-4H3,(H,17,18). The van der Waals surface area contributed by atoms with Gasteiger partial charge in [-0.3, -0.25) is 0 Å². The first-order valence-corrected chi connectivity index (χ1v) is 9.88. The summed E-state index contributed by atoms with van der Waals surface area (Å²) in [4.78, 5) is 7.22. The number of guanidine groups is 1. The molecule has 1 atom stereocenters. The summed E-state index contributed by atoms with van der Waals surface area (Å²) in [5.74, 6) is 4.78. The molecule has 1 fully saturated rings. The Morgan fingerprint density at radius 3 is 2.91 bits per heavy atom. The van der Waals surface area contributed by atoms with Gasteiger partial charge in [0.15, 0.2) is 11.8 Å². The van der Waals surface area contributed by atoms with Crippen molar-refractivity contribution in [3.8, 4) is 0 Å². The zero-order valence-electron chi connectivity index (χ0n) is 14.9. The summed E-state index contributed by atoms with van der Waals surface area (Å²) in [6.07, 6.45) is 5.87. The molecule has 1 aliphatic heterocycles. The number of aliphatic imine (C=N–C) groups is 1. The second-order valence-corrected chi connectivity index (χ2v) is 7.31. The summed E-state index contributed by atoms with van der Waals surface area (Å²) >= 11 is 1.89. The number of nitrogens with zero attached hydrogens (tertiary/aromatic N) is 5. The van der Waals surface area contributed by atoms with E-state index in [4.69, 9.17) is 4.99 Å². The molecule has 6 nitrogen and oxygen atoms in total. The maximum atomic E-state index is 4.83. The minimum absolute atomic E-state index is 0.576. The van der Waals surface area contributed by atoms with E-state index in [0.29, 0.717) is 6.54 Å². The molecule has 0 spiro atoms. The second kappa shape index (κ2) is 9.15. The second-order valence-electron chi connectivity index (χ2n) is 6.33. The lowest BCUT2D eigenvalue weighted by Gasteiger charge is -2.33. The van der Waals surface area contributed by atoms with Crippen LogP contribution in [0.2, 0.25) is 0 Å². The molecule has 23 heavy (non-hydrogen) atoms. The van der Waals surface area contributed by atoms with E-state index in [0.717, 1.165) is 49.6 Å². The van der Waals surface area contributed by atoms with E-state index in [1.54, 1.807) is 0 Å². The zero-order valence-corrected chi connectivity index (χ0v) is 15.7. The van der Waals surface area contributed by atoms with Crippen LogP contribution < -0.4 is 5.32 Å². The number of hydrogen-bond donors (Lipinski definition) is 1. The smallest absolute Gasteiger partial charge is 0.194 e. The Labute approximate surface area is 144 Å². The van der Waals surface area contributed by atoms with E-state index in [9.17, 15) is 0 Å². The fourth-order valence-electron chi connectivity index (χ4n) is 2.80. The topological polar surface area (TPSA) is 58.3 Å². The predicted molar refractivity (Wildman–Crippen MR) is 97.9 cm³/mol. The lowest BCUT2D eigenvalue weighted by atomic mass is 10.0. The van der Waals surface area contributed by atoms with Crippen molar-refractivity contribution in [3.63, 3.8) is 0 Å². The highest BCUT2D eigenvalue weighted by molar-refractivity contribution is 7.98. The molecule has 1 aromatic rings. The highest BCUT2D eigenvalue weighted by Gasteiger charge is 2.19. The fraction of sp³-hybridized carbons (Fsp3) is 0.812. The van der Waals surface area contributed by atoms with E-state index < -0.39 is 0 Å². The molecule has 1 saturated heterocycles. The monoisotopic (exact) mass is 338 g/mol. The molecule has 1 aliphatic rings. The molecule has 0 radical (unpaired) electrons. The van der Waals surface area contributed by atoms with Gasteiger partial charge in [0.25, 0.3) is 0 Å². The number of rotatable bonds is 6. The third-order valence-electron chi connectivity index (χ3n) is 4.32. The van der Waals surface area contributed by atoms with Gasteiger partial charge >= 0.3 is 0 Å². The van der Waals surface area contributed by atoms with Crippen LogP contribution in [0.3, 0.4) is 0 Å². The number of aryl methyl sites for hydroxylation is 1. The Morgan fingerprint density at radius 1 is 1.43 bits per heavy atom. The van der Waals surface area contributed by atoms with Gasteiger partial charge in [-0.05, 0) is 44.1 Å². The van der Waals surface area contributed by atoms with Crippen LogP contribution in [0.5, 0.6) is 0 Å². The van der Waals surface area contributed by atoms with Crippen LogP contribution in [0.25, 0.3) is 0 Å². The number of nitrogens with one attached hydrogen (secondary N) is 1. The van der Waals surface area contributed by atoms with E-state index in [1.165, 1.54) is 18.6 Å². The van der Waals surface area contributed by atoms with Crippen LogP contribution in [-0.4, -0.2) is 57.3 Å². The third kappa shape index (κ3) is 5.41. The SMILES string of the molecule is CSCCCNC(=NCc1nnc(C)n1C)N1CCCC(C)C1. The molecule has 1 aromatic heterocycles. The van der Waals surface area contributed by atoms with Crippen LogP contribution in [0.1, 0.15) is 37.8 Å². The van der Waals surface area contributed by atoms with E-state index in [-0.39, 0.29) is 0 Å². The first-order chi connectivity index (χ1) is 11.1. The van der Waals surface area contributed by atoms with Crippen molar-refractivity contribution >= 4 is 17.7 Å². The van der Waals surface area contributed by atoms with Crippen molar-refractivity contribution in [2.45, 2.75) is 39.7 Å². The van der Waals surface area contributed by atoms with Gasteiger partial charge in [0.1, 0.15) is 12.4 Å². The van der Waals surface area contributed by atoms with Gasteiger partial charge < -0.3 is 14.8 Å². The van der Waals surface area contributed by atoms with Crippen LogP contribution >= 0.6 is 11.8 Å². The lowest BCUT2D eigenvalue weighted by molar-refractivity contribution is 0.265. The minimum Gasteiger partial charge on any atom is -0.356 e. The Hall–Kier alpha value is -1.24. The van der Waals surface area contributed by atoms with Crippen molar-refractivity contribution in [3.05, 3.63) is 11.6 Å². The zero-order chi connectivity index (χ0) is 16.7. The largest absolute Gasteiger partial charge is 0.356 e. The summed E-state index contributed by atoms with van der Waals surface area (Å²) in [5, 5.41) is 11.9. The molecule has 130 valence electrons. The quantitative estimate of drug-likeness (QED) is 0.489. The summed E-state index contributed by atoms with van der Waals surface area (Å²) in [6, 6.07) is 0. The van der Waals surface area contributed by atoms with Crippen molar-refractivity contribution in [2.75, 3.05) is 31.6 Å². The number of piperidine rings is 1. The lowest BCUT2D eigenvalue weighted by Crippen LogP contribution is -2.46. The van der Waals surface area contributed by atoms with Gasteiger partial charge in [-0.1, -0.05) is 6.92 Å². The van der Waals surface area contributed by atoms with Gasteiger partial charge in [-0.2, -0.15) is 11.8 Å². The summed E-state index contributed by atoms with van der Waals surface area (Å²) in [5.41, 5.74) is 0. The molecule has 0 bridgehead atoms. The molecule has 2 rings (SSSR count). The van der Waals surface area contributed by atoms with Crippen LogP contribution in [-0.2, 0) is 13.6 Å². The third-order valence-corrected chi connectivity index (χ3v) is 5.01. The molecule has 1 unspecified atom stereocenters. The molecule has 0 aliphatic carbocycles. The molecule has 0 aromatic carbocycles. The highest BCUT2D eigenvalue weighted by Crippen LogP contribution is 2.15. The first-order valence-electron chi connectivity index (χ1n) is 8.49. The minimum atomic E-state index is 0.576. The van der Waals surface area contributed by atoms with Crippen LogP contribution in [0.15, 0.2) is 4.99 Å². The number of aromatic nitrogens is 3.